The van der Waals surface area contributed by atoms with Gasteiger partial charge in [0.1, 0.15) is 0 Å². The van der Waals surface area contributed by atoms with E-state index in [9.17, 15) is 0 Å². The lowest BCUT2D eigenvalue weighted by molar-refractivity contribution is 0.221. The van der Waals surface area contributed by atoms with Crippen LogP contribution < -0.4 is 5.73 Å². The van der Waals surface area contributed by atoms with Crippen LogP contribution in [0.15, 0.2) is 24.4 Å². The number of aromatic nitrogens is 1. The smallest absolute Gasteiger partial charge is 0.0487 e. The molecule has 1 aliphatic rings. The van der Waals surface area contributed by atoms with E-state index in [-0.39, 0.29) is 0 Å². The summed E-state index contributed by atoms with van der Waals surface area (Å²) < 4.78 is 2.37. The lowest BCUT2D eigenvalue weighted by atomic mass is 10.1. The molecule has 0 bridgehead atoms. The van der Waals surface area contributed by atoms with E-state index in [4.69, 9.17) is 5.73 Å². The van der Waals surface area contributed by atoms with Crippen LogP contribution in [0, 0.1) is 0 Å². The van der Waals surface area contributed by atoms with Crippen LogP contribution >= 0.6 is 0 Å². The first-order valence-electron chi connectivity index (χ1n) is 7.76. The summed E-state index contributed by atoms with van der Waals surface area (Å²) in [4.78, 5) is 2.58. The van der Waals surface area contributed by atoms with E-state index in [1.54, 1.807) is 0 Å². The first kappa shape index (κ1) is 13.5. The van der Waals surface area contributed by atoms with Crippen LogP contribution in [-0.4, -0.2) is 22.6 Å². The summed E-state index contributed by atoms with van der Waals surface area (Å²) in [5.74, 6) is 0. The van der Waals surface area contributed by atoms with Gasteiger partial charge in [-0.3, -0.25) is 4.90 Å². The van der Waals surface area contributed by atoms with E-state index in [0.717, 1.165) is 12.2 Å². The van der Waals surface area contributed by atoms with Crippen molar-refractivity contribution in [3.8, 4) is 0 Å². The predicted octanol–water partition coefficient (Wildman–Crippen LogP) is 3.79. The van der Waals surface area contributed by atoms with Gasteiger partial charge in [0.05, 0.1) is 0 Å². The fraction of sp³-hybridized carbons (Fsp3) is 0.529. The highest BCUT2D eigenvalue weighted by atomic mass is 15.1. The van der Waals surface area contributed by atoms with Crippen molar-refractivity contribution in [2.45, 2.75) is 45.7 Å². The third-order valence-electron chi connectivity index (χ3n) is 4.34. The van der Waals surface area contributed by atoms with Crippen molar-refractivity contribution in [1.29, 1.82) is 0 Å². The van der Waals surface area contributed by atoms with Crippen LogP contribution in [0.3, 0.4) is 0 Å². The molecular formula is C17H25N3. The second kappa shape index (κ2) is 5.49. The average molecular weight is 271 g/mol. The fourth-order valence-corrected chi connectivity index (χ4v) is 3.25. The molecule has 20 heavy (non-hydrogen) atoms. The van der Waals surface area contributed by atoms with Gasteiger partial charge in [-0.15, -0.1) is 0 Å². The van der Waals surface area contributed by atoms with Crippen LogP contribution in [0.2, 0.25) is 0 Å². The Bertz CT molecular complexity index is 592. The molecule has 0 aliphatic carbocycles. The molecule has 3 heteroatoms. The molecule has 2 aromatic rings. The maximum absolute atomic E-state index is 5.99. The third-order valence-corrected chi connectivity index (χ3v) is 4.34. The third kappa shape index (κ3) is 2.55. The minimum atomic E-state index is 0.483. The van der Waals surface area contributed by atoms with Gasteiger partial charge in [0, 0.05) is 35.4 Å². The largest absolute Gasteiger partial charge is 0.399 e. The molecule has 1 aromatic carbocycles. The number of rotatable bonds is 3. The normalized spacial score (nSPS) is 17.1. The van der Waals surface area contributed by atoms with Gasteiger partial charge in [-0.2, -0.15) is 0 Å². The van der Waals surface area contributed by atoms with E-state index in [0.29, 0.717) is 6.04 Å². The summed E-state index contributed by atoms with van der Waals surface area (Å²) in [6.07, 6.45) is 6.39. The molecule has 1 saturated heterocycles. The Labute approximate surface area is 121 Å². The molecule has 0 atom stereocenters. The van der Waals surface area contributed by atoms with Gasteiger partial charge in [-0.1, -0.05) is 6.42 Å². The minimum Gasteiger partial charge on any atom is -0.399 e. The van der Waals surface area contributed by atoms with E-state index < -0.39 is 0 Å². The van der Waals surface area contributed by atoms with Gasteiger partial charge in [0.2, 0.25) is 0 Å². The summed E-state index contributed by atoms with van der Waals surface area (Å²) in [5, 5.41) is 1.32. The number of hydrogen-bond donors (Lipinski definition) is 1. The van der Waals surface area contributed by atoms with E-state index >= 15 is 0 Å². The summed E-state index contributed by atoms with van der Waals surface area (Å²) >= 11 is 0. The van der Waals surface area contributed by atoms with Crippen LogP contribution in [0.5, 0.6) is 0 Å². The summed E-state index contributed by atoms with van der Waals surface area (Å²) in [5.41, 5.74) is 9.57. The summed E-state index contributed by atoms with van der Waals surface area (Å²) in [6, 6.07) is 6.78. The van der Waals surface area contributed by atoms with Crippen molar-refractivity contribution in [2.75, 3.05) is 18.8 Å². The molecule has 1 fully saturated rings. The zero-order chi connectivity index (χ0) is 14.1. The zero-order valence-electron chi connectivity index (χ0n) is 12.6. The number of fused-ring (bicyclic) bond motifs is 1. The molecule has 3 rings (SSSR count). The molecule has 0 saturated carbocycles. The predicted molar refractivity (Wildman–Crippen MR) is 85.9 cm³/mol. The standard InChI is InChI=1S/C17H25N3/c1-13(2)20-12-14(11-19-8-4-3-5-9-19)16-10-15(18)6-7-17(16)20/h6-7,10,12-13H,3-5,8-9,11,18H2,1-2H3. The Morgan fingerprint density at radius 1 is 1.15 bits per heavy atom. The van der Waals surface area contributed by atoms with Gasteiger partial charge in [0.15, 0.2) is 0 Å². The zero-order valence-corrected chi connectivity index (χ0v) is 12.6. The lowest BCUT2D eigenvalue weighted by Gasteiger charge is -2.26. The van der Waals surface area contributed by atoms with Crippen molar-refractivity contribution in [2.24, 2.45) is 0 Å². The monoisotopic (exact) mass is 271 g/mol. The number of nitrogen functional groups attached to an aromatic ring is 1. The molecule has 2 heterocycles. The van der Waals surface area contributed by atoms with Crippen LogP contribution in [0.4, 0.5) is 5.69 Å². The highest BCUT2D eigenvalue weighted by molar-refractivity contribution is 5.87. The van der Waals surface area contributed by atoms with E-state index in [2.05, 4.69) is 41.6 Å². The Hall–Kier alpha value is -1.48. The Morgan fingerprint density at radius 2 is 1.90 bits per heavy atom. The average Bonchev–Trinajstić information content (AvgIpc) is 2.78. The second-order valence-electron chi connectivity index (χ2n) is 6.27. The maximum Gasteiger partial charge on any atom is 0.0487 e. The number of nitrogens with two attached hydrogens (primary N) is 1. The molecule has 2 N–H and O–H groups in total. The topological polar surface area (TPSA) is 34.2 Å². The van der Waals surface area contributed by atoms with Crippen LogP contribution in [0.25, 0.3) is 10.9 Å². The number of piperidine rings is 1. The molecule has 3 nitrogen and oxygen atoms in total. The molecule has 1 aliphatic heterocycles. The van der Waals surface area contributed by atoms with Crippen molar-refractivity contribution in [3.05, 3.63) is 30.0 Å². The molecule has 0 unspecified atom stereocenters. The van der Waals surface area contributed by atoms with Gasteiger partial charge in [0.25, 0.3) is 0 Å². The first-order chi connectivity index (χ1) is 9.65. The lowest BCUT2D eigenvalue weighted by Crippen LogP contribution is -2.29. The quantitative estimate of drug-likeness (QED) is 0.862. The number of benzene rings is 1. The molecule has 1 aromatic heterocycles. The van der Waals surface area contributed by atoms with Gasteiger partial charge >= 0.3 is 0 Å². The molecule has 108 valence electrons. The fourth-order valence-electron chi connectivity index (χ4n) is 3.25. The summed E-state index contributed by atoms with van der Waals surface area (Å²) in [7, 11) is 0. The highest BCUT2D eigenvalue weighted by Crippen LogP contribution is 2.28. The number of anilines is 1. The Balaban J connectivity index is 1.98. The van der Waals surface area contributed by atoms with Crippen molar-refractivity contribution < 1.29 is 0 Å². The number of likely N-dealkylation sites (tertiary alicyclic amines) is 1. The second-order valence-corrected chi connectivity index (χ2v) is 6.27. The van der Waals surface area contributed by atoms with E-state index in [1.807, 2.05) is 6.07 Å². The number of nitrogens with zero attached hydrogens (tertiary/aromatic N) is 2. The highest BCUT2D eigenvalue weighted by Gasteiger charge is 2.15. The SMILES string of the molecule is CC(C)n1cc(CN2CCCCC2)c2cc(N)ccc21. The van der Waals surface area contributed by atoms with Gasteiger partial charge in [-0.05, 0) is 63.5 Å². The first-order valence-corrected chi connectivity index (χ1v) is 7.76. The minimum absolute atomic E-state index is 0.483. The van der Waals surface area contributed by atoms with E-state index in [1.165, 1.54) is 48.8 Å². The maximum atomic E-state index is 5.99. The Kier molecular flexibility index (Phi) is 3.70. The van der Waals surface area contributed by atoms with Crippen molar-refractivity contribution >= 4 is 16.6 Å². The number of hydrogen-bond acceptors (Lipinski definition) is 2. The Morgan fingerprint density at radius 3 is 2.60 bits per heavy atom. The van der Waals surface area contributed by atoms with Gasteiger partial charge < -0.3 is 10.3 Å². The van der Waals surface area contributed by atoms with Crippen LogP contribution in [0.1, 0.15) is 44.7 Å². The molecule has 0 amide bonds. The van der Waals surface area contributed by atoms with Crippen molar-refractivity contribution in [1.82, 2.24) is 9.47 Å². The van der Waals surface area contributed by atoms with Gasteiger partial charge in [-0.25, -0.2) is 0 Å². The molecule has 0 radical (unpaired) electrons. The summed E-state index contributed by atoms with van der Waals surface area (Å²) in [6.45, 7) is 7.99. The van der Waals surface area contributed by atoms with Crippen molar-refractivity contribution in [3.63, 3.8) is 0 Å². The van der Waals surface area contributed by atoms with Crippen LogP contribution in [-0.2, 0) is 6.54 Å². The molecule has 0 spiro atoms. The molecular weight excluding hydrogens is 246 g/mol.